The predicted octanol–water partition coefficient (Wildman–Crippen LogP) is 3.81. The summed E-state index contributed by atoms with van der Waals surface area (Å²) < 4.78 is 2.26. The van der Waals surface area contributed by atoms with Crippen molar-refractivity contribution in [2.24, 2.45) is 5.73 Å². The first kappa shape index (κ1) is 18.1. The summed E-state index contributed by atoms with van der Waals surface area (Å²) in [6, 6.07) is 0. The van der Waals surface area contributed by atoms with Crippen LogP contribution in [0, 0.1) is 0 Å². The lowest BCUT2D eigenvalue weighted by atomic mass is 10.4. The van der Waals surface area contributed by atoms with Crippen molar-refractivity contribution >= 4 is 11.9 Å². The fraction of sp³-hybridized carbons (Fsp3) is 0.692. The van der Waals surface area contributed by atoms with E-state index in [1.54, 1.807) is 11.9 Å². The molecule has 0 aliphatic carbocycles. The molecule has 2 N–H and O–H groups in total. The summed E-state index contributed by atoms with van der Waals surface area (Å²) in [6.45, 7) is 13.2. The van der Waals surface area contributed by atoms with E-state index in [-0.39, 0.29) is 0 Å². The molecule has 0 rings (SSSR count). The average Bonchev–Trinajstić information content (AvgIpc) is 2.30. The van der Waals surface area contributed by atoms with Crippen molar-refractivity contribution in [1.29, 1.82) is 0 Å². The van der Waals surface area contributed by atoms with E-state index in [1.807, 2.05) is 6.92 Å². The summed E-state index contributed by atoms with van der Waals surface area (Å²) in [5, 5.41) is 0. The Balaban J connectivity index is 0. The largest absolute Gasteiger partial charge is 0.329 e. The SMILES string of the molecule is C/C=C(\C)SN(CC)CCN.C/C=C\CC. The third kappa shape index (κ3) is 13.8. The van der Waals surface area contributed by atoms with Gasteiger partial charge in [-0.05, 0) is 44.0 Å². The van der Waals surface area contributed by atoms with Crippen LogP contribution in [0.1, 0.15) is 41.0 Å². The van der Waals surface area contributed by atoms with Crippen LogP contribution in [0.4, 0.5) is 0 Å². The van der Waals surface area contributed by atoms with E-state index in [9.17, 15) is 0 Å². The molecule has 0 aromatic carbocycles. The molecule has 2 nitrogen and oxygen atoms in total. The number of likely N-dealkylation sites (N-methyl/N-ethyl adjacent to an activating group) is 1. The van der Waals surface area contributed by atoms with Gasteiger partial charge in [-0.3, -0.25) is 0 Å². The fourth-order valence-electron chi connectivity index (χ4n) is 0.904. The first-order chi connectivity index (χ1) is 7.65. The Bertz CT molecular complexity index is 188. The average molecular weight is 244 g/mol. The maximum Gasteiger partial charge on any atom is 0.0216 e. The second kappa shape index (κ2) is 14.8. The van der Waals surface area contributed by atoms with Gasteiger partial charge in [0.1, 0.15) is 0 Å². The van der Waals surface area contributed by atoms with E-state index in [4.69, 9.17) is 5.73 Å². The van der Waals surface area contributed by atoms with Gasteiger partial charge in [0.2, 0.25) is 0 Å². The Morgan fingerprint density at radius 2 is 1.94 bits per heavy atom. The van der Waals surface area contributed by atoms with Gasteiger partial charge in [0.05, 0.1) is 0 Å². The van der Waals surface area contributed by atoms with Crippen LogP contribution in [0.5, 0.6) is 0 Å². The van der Waals surface area contributed by atoms with Crippen LogP contribution in [0.2, 0.25) is 0 Å². The molecule has 96 valence electrons. The van der Waals surface area contributed by atoms with E-state index >= 15 is 0 Å². The van der Waals surface area contributed by atoms with E-state index in [0.717, 1.165) is 26.1 Å². The first-order valence-corrected chi connectivity index (χ1v) is 6.80. The molecule has 16 heavy (non-hydrogen) atoms. The highest BCUT2D eigenvalue weighted by atomic mass is 32.2. The van der Waals surface area contributed by atoms with E-state index in [1.165, 1.54) is 4.91 Å². The molecule has 0 amide bonds. The highest BCUT2D eigenvalue weighted by Crippen LogP contribution is 2.18. The Morgan fingerprint density at radius 1 is 1.31 bits per heavy atom. The minimum Gasteiger partial charge on any atom is -0.329 e. The number of nitrogens with two attached hydrogens (primary N) is 1. The number of allylic oxidation sites excluding steroid dienone is 4. The van der Waals surface area contributed by atoms with Crippen molar-refractivity contribution in [2.75, 3.05) is 19.6 Å². The number of nitrogens with zero attached hydrogens (tertiary/aromatic N) is 1. The third-order valence-corrected chi connectivity index (χ3v) is 3.10. The van der Waals surface area contributed by atoms with Crippen molar-refractivity contribution in [2.45, 2.75) is 41.0 Å². The van der Waals surface area contributed by atoms with Gasteiger partial charge >= 0.3 is 0 Å². The second-order valence-corrected chi connectivity index (χ2v) is 4.62. The third-order valence-electron chi connectivity index (χ3n) is 1.88. The van der Waals surface area contributed by atoms with Gasteiger partial charge in [-0.1, -0.05) is 32.1 Å². The lowest BCUT2D eigenvalue weighted by Gasteiger charge is -2.17. The van der Waals surface area contributed by atoms with Crippen molar-refractivity contribution in [1.82, 2.24) is 4.31 Å². The topological polar surface area (TPSA) is 29.3 Å². The smallest absolute Gasteiger partial charge is 0.0216 e. The maximum absolute atomic E-state index is 5.45. The van der Waals surface area contributed by atoms with Crippen molar-refractivity contribution in [3.05, 3.63) is 23.1 Å². The monoisotopic (exact) mass is 244 g/mol. The quantitative estimate of drug-likeness (QED) is 0.569. The fourth-order valence-corrected chi connectivity index (χ4v) is 1.74. The van der Waals surface area contributed by atoms with Gasteiger partial charge in [0.15, 0.2) is 0 Å². The molecule has 0 fully saturated rings. The highest BCUT2D eigenvalue weighted by Gasteiger charge is 2.00. The molecule has 0 aliphatic rings. The molecule has 0 aliphatic heterocycles. The normalized spacial score (nSPS) is 11.8. The van der Waals surface area contributed by atoms with E-state index in [0.29, 0.717) is 0 Å². The lowest BCUT2D eigenvalue weighted by Crippen LogP contribution is -2.22. The number of hydrogen-bond acceptors (Lipinski definition) is 3. The Labute approximate surface area is 106 Å². The summed E-state index contributed by atoms with van der Waals surface area (Å²) in [6.07, 6.45) is 7.46. The Morgan fingerprint density at radius 3 is 2.19 bits per heavy atom. The molecule has 0 aromatic heterocycles. The van der Waals surface area contributed by atoms with Crippen LogP contribution < -0.4 is 5.73 Å². The molecule has 0 atom stereocenters. The van der Waals surface area contributed by atoms with Crippen LogP contribution in [0.25, 0.3) is 0 Å². The second-order valence-electron chi connectivity index (χ2n) is 3.28. The Hall–Kier alpha value is -0.250. The summed E-state index contributed by atoms with van der Waals surface area (Å²) in [5.41, 5.74) is 5.45. The van der Waals surface area contributed by atoms with Crippen molar-refractivity contribution < 1.29 is 0 Å². The van der Waals surface area contributed by atoms with Crippen LogP contribution in [0.3, 0.4) is 0 Å². The van der Waals surface area contributed by atoms with Crippen LogP contribution in [-0.2, 0) is 0 Å². The molecule has 0 saturated carbocycles. The summed E-state index contributed by atoms with van der Waals surface area (Å²) in [7, 11) is 0. The molecule has 0 saturated heterocycles. The molecule has 0 aromatic rings. The van der Waals surface area contributed by atoms with Crippen LogP contribution >= 0.6 is 11.9 Å². The highest BCUT2D eigenvalue weighted by molar-refractivity contribution is 8.00. The van der Waals surface area contributed by atoms with Gasteiger partial charge in [0.25, 0.3) is 0 Å². The molecule has 0 radical (unpaired) electrons. The van der Waals surface area contributed by atoms with Crippen LogP contribution in [0.15, 0.2) is 23.1 Å². The van der Waals surface area contributed by atoms with Gasteiger partial charge in [-0.2, -0.15) is 0 Å². The molecule has 0 spiro atoms. The minimum atomic E-state index is 0.734. The van der Waals surface area contributed by atoms with Crippen molar-refractivity contribution in [3.63, 3.8) is 0 Å². The predicted molar refractivity (Wildman–Crippen MR) is 78.4 cm³/mol. The number of hydrogen-bond donors (Lipinski definition) is 1. The van der Waals surface area contributed by atoms with Gasteiger partial charge in [0, 0.05) is 19.6 Å². The van der Waals surface area contributed by atoms with E-state index < -0.39 is 0 Å². The molecule has 0 unspecified atom stereocenters. The van der Waals surface area contributed by atoms with Gasteiger partial charge in [-0.25, -0.2) is 4.31 Å². The zero-order valence-electron chi connectivity index (χ0n) is 11.5. The minimum absolute atomic E-state index is 0.734. The summed E-state index contributed by atoms with van der Waals surface area (Å²) >= 11 is 1.78. The Kier molecular flexibility index (Phi) is 16.7. The van der Waals surface area contributed by atoms with E-state index in [2.05, 4.69) is 50.2 Å². The molecule has 3 heteroatoms. The maximum atomic E-state index is 5.45. The zero-order chi connectivity index (χ0) is 12.8. The standard InChI is InChI=1S/C8H18N2S.C5H10/c1-4-8(3)11-10(5-2)7-6-9;1-3-5-4-2/h4H,5-7,9H2,1-3H3;3,5H,4H2,1-2H3/b8-4+;5-3-. The zero-order valence-corrected chi connectivity index (χ0v) is 12.3. The summed E-state index contributed by atoms with van der Waals surface area (Å²) in [5.74, 6) is 0. The van der Waals surface area contributed by atoms with Crippen molar-refractivity contribution in [3.8, 4) is 0 Å². The molecule has 0 heterocycles. The molecular formula is C13H28N2S. The lowest BCUT2D eigenvalue weighted by molar-refractivity contribution is 0.509. The number of rotatable bonds is 6. The molecule has 0 bridgehead atoms. The molecular weight excluding hydrogens is 216 g/mol. The first-order valence-electron chi connectivity index (χ1n) is 6.03. The van der Waals surface area contributed by atoms with Crippen LogP contribution in [-0.4, -0.2) is 23.9 Å². The van der Waals surface area contributed by atoms with Gasteiger partial charge < -0.3 is 5.73 Å². The van der Waals surface area contributed by atoms with Gasteiger partial charge in [-0.15, -0.1) is 0 Å². The summed E-state index contributed by atoms with van der Waals surface area (Å²) in [4.78, 5) is 1.33.